The molecule has 3 heterocycles. The zero-order chi connectivity index (χ0) is 18.0. The zero-order valence-electron chi connectivity index (χ0n) is 14.9. The predicted molar refractivity (Wildman–Crippen MR) is 91.8 cm³/mol. The Morgan fingerprint density at radius 1 is 1.44 bits per heavy atom. The number of nitrogens with zero attached hydrogens (tertiary/aromatic N) is 3. The SMILES string of the molecule is CC(C)CNC(=O)c1ncn2c1CN(C(=O)[C@H]1NCC[C@@H]1O)CCC2. The number of hydrogen-bond donors (Lipinski definition) is 3. The van der Waals surface area contributed by atoms with E-state index in [4.69, 9.17) is 0 Å². The first-order valence-corrected chi connectivity index (χ1v) is 8.99. The Labute approximate surface area is 147 Å². The maximum atomic E-state index is 12.8. The number of carbonyl (C=O) groups excluding carboxylic acids is 2. The van der Waals surface area contributed by atoms with Gasteiger partial charge in [0.25, 0.3) is 5.91 Å². The van der Waals surface area contributed by atoms with Gasteiger partial charge in [0.15, 0.2) is 5.69 Å². The lowest BCUT2D eigenvalue weighted by atomic mass is 10.1. The van der Waals surface area contributed by atoms with Crippen molar-refractivity contribution in [3.63, 3.8) is 0 Å². The highest BCUT2D eigenvalue weighted by molar-refractivity contribution is 5.93. The first-order valence-electron chi connectivity index (χ1n) is 8.99. The number of carbonyl (C=O) groups is 2. The number of rotatable bonds is 4. The predicted octanol–water partition coefficient (Wildman–Crippen LogP) is -0.276. The average molecular weight is 349 g/mol. The van der Waals surface area contributed by atoms with Crippen molar-refractivity contribution in [3.8, 4) is 0 Å². The lowest BCUT2D eigenvalue weighted by molar-refractivity contribution is -0.135. The third-order valence-corrected chi connectivity index (χ3v) is 4.77. The second kappa shape index (κ2) is 7.53. The maximum absolute atomic E-state index is 12.8. The quantitative estimate of drug-likeness (QED) is 0.695. The lowest BCUT2D eigenvalue weighted by Gasteiger charge is -2.25. The standard InChI is InChI=1S/C17H27N5O3/c1-11(2)8-19-16(24)14-12-9-21(6-3-7-22(12)10-20-14)17(25)15-13(23)4-5-18-15/h10-11,13,15,18,23H,3-9H2,1-2H3,(H,19,24)/t13-,15-/m0/s1. The Hall–Kier alpha value is -1.93. The Morgan fingerprint density at radius 3 is 2.92 bits per heavy atom. The molecule has 2 aliphatic rings. The summed E-state index contributed by atoms with van der Waals surface area (Å²) in [5.74, 6) is 0.0575. The lowest BCUT2D eigenvalue weighted by Crippen LogP contribution is -2.48. The Bertz CT molecular complexity index is 642. The van der Waals surface area contributed by atoms with Crippen molar-refractivity contribution >= 4 is 11.8 Å². The zero-order valence-corrected chi connectivity index (χ0v) is 14.9. The van der Waals surface area contributed by atoms with Crippen LogP contribution in [-0.2, 0) is 17.9 Å². The van der Waals surface area contributed by atoms with Gasteiger partial charge in [0.1, 0.15) is 6.04 Å². The van der Waals surface area contributed by atoms with Crippen molar-refractivity contribution in [2.45, 2.75) is 51.9 Å². The van der Waals surface area contributed by atoms with Crippen LogP contribution in [0.1, 0.15) is 42.9 Å². The summed E-state index contributed by atoms with van der Waals surface area (Å²) in [6.45, 7) is 6.98. The number of aromatic nitrogens is 2. The maximum Gasteiger partial charge on any atom is 0.271 e. The van der Waals surface area contributed by atoms with Gasteiger partial charge >= 0.3 is 0 Å². The molecule has 2 atom stereocenters. The van der Waals surface area contributed by atoms with E-state index in [9.17, 15) is 14.7 Å². The van der Waals surface area contributed by atoms with E-state index in [2.05, 4.69) is 15.6 Å². The van der Waals surface area contributed by atoms with Gasteiger partial charge in [-0.15, -0.1) is 0 Å². The van der Waals surface area contributed by atoms with Crippen molar-refractivity contribution in [2.75, 3.05) is 19.6 Å². The Morgan fingerprint density at radius 2 is 2.24 bits per heavy atom. The van der Waals surface area contributed by atoms with E-state index < -0.39 is 12.1 Å². The topological polar surface area (TPSA) is 99.5 Å². The first-order chi connectivity index (χ1) is 12.0. The smallest absolute Gasteiger partial charge is 0.271 e. The summed E-state index contributed by atoms with van der Waals surface area (Å²) in [6, 6.07) is -0.548. The monoisotopic (exact) mass is 349 g/mol. The molecule has 1 aromatic heterocycles. The van der Waals surface area contributed by atoms with Crippen LogP contribution in [-0.4, -0.2) is 63.2 Å². The molecule has 0 aliphatic carbocycles. The van der Waals surface area contributed by atoms with Gasteiger partial charge < -0.3 is 25.2 Å². The molecule has 8 heteroatoms. The molecule has 0 saturated carbocycles. The van der Waals surface area contributed by atoms with Crippen LogP contribution >= 0.6 is 0 Å². The third-order valence-electron chi connectivity index (χ3n) is 4.77. The highest BCUT2D eigenvalue weighted by Gasteiger charge is 2.35. The fourth-order valence-electron chi connectivity index (χ4n) is 3.35. The summed E-state index contributed by atoms with van der Waals surface area (Å²) in [4.78, 5) is 31.2. The minimum absolute atomic E-state index is 0.104. The van der Waals surface area contributed by atoms with Gasteiger partial charge in [-0.05, 0) is 25.3 Å². The molecule has 25 heavy (non-hydrogen) atoms. The Balaban J connectivity index is 1.76. The largest absolute Gasteiger partial charge is 0.391 e. The van der Waals surface area contributed by atoms with Gasteiger partial charge in [0.2, 0.25) is 5.91 Å². The van der Waals surface area contributed by atoms with Crippen LogP contribution in [0.4, 0.5) is 0 Å². The molecule has 2 amide bonds. The summed E-state index contributed by atoms with van der Waals surface area (Å²) >= 11 is 0. The summed E-state index contributed by atoms with van der Waals surface area (Å²) in [7, 11) is 0. The van der Waals surface area contributed by atoms with Crippen molar-refractivity contribution < 1.29 is 14.7 Å². The minimum Gasteiger partial charge on any atom is -0.391 e. The van der Waals surface area contributed by atoms with Crippen LogP contribution in [0.2, 0.25) is 0 Å². The fourth-order valence-corrected chi connectivity index (χ4v) is 3.35. The molecule has 0 radical (unpaired) electrons. The highest BCUT2D eigenvalue weighted by atomic mass is 16.3. The van der Waals surface area contributed by atoms with Crippen molar-refractivity contribution in [1.82, 2.24) is 25.1 Å². The molecular formula is C17H27N5O3. The van der Waals surface area contributed by atoms with E-state index in [0.29, 0.717) is 44.2 Å². The normalized spacial score (nSPS) is 23.4. The molecule has 1 saturated heterocycles. The van der Waals surface area contributed by atoms with Crippen LogP contribution in [0.15, 0.2) is 6.33 Å². The van der Waals surface area contributed by atoms with Gasteiger partial charge in [-0.2, -0.15) is 0 Å². The Kier molecular flexibility index (Phi) is 5.39. The number of nitrogens with one attached hydrogen (secondary N) is 2. The molecule has 3 N–H and O–H groups in total. The minimum atomic E-state index is -0.644. The second-order valence-electron chi connectivity index (χ2n) is 7.24. The van der Waals surface area contributed by atoms with Crippen molar-refractivity contribution in [1.29, 1.82) is 0 Å². The number of aliphatic hydroxyl groups is 1. The van der Waals surface area contributed by atoms with Crippen LogP contribution in [0.3, 0.4) is 0 Å². The van der Waals surface area contributed by atoms with Gasteiger partial charge in [0.05, 0.1) is 24.7 Å². The third kappa shape index (κ3) is 3.85. The van der Waals surface area contributed by atoms with Gasteiger partial charge in [-0.1, -0.05) is 13.8 Å². The van der Waals surface area contributed by atoms with E-state index >= 15 is 0 Å². The van der Waals surface area contributed by atoms with Crippen molar-refractivity contribution in [2.24, 2.45) is 5.92 Å². The number of hydrogen-bond acceptors (Lipinski definition) is 5. The van der Waals surface area contributed by atoms with Crippen LogP contribution in [0.5, 0.6) is 0 Å². The molecule has 2 aliphatic heterocycles. The highest BCUT2D eigenvalue weighted by Crippen LogP contribution is 2.19. The van der Waals surface area contributed by atoms with E-state index in [-0.39, 0.29) is 11.8 Å². The summed E-state index contributed by atoms with van der Waals surface area (Å²) in [6.07, 6.45) is 2.42. The number of aryl methyl sites for hydroxylation is 1. The van der Waals surface area contributed by atoms with Crippen LogP contribution < -0.4 is 10.6 Å². The molecule has 8 nitrogen and oxygen atoms in total. The van der Waals surface area contributed by atoms with E-state index in [0.717, 1.165) is 18.7 Å². The summed E-state index contributed by atoms with van der Waals surface area (Å²) < 4.78 is 1.95. The fraction of sp³-hybridized carbons (Fsp3) is 0.706. The molecule has 0 bridgehead atoms. The number of fused-ring (bicyclic) bond motifs is 1. The van der Waals surface area contributed by atoms with Crippen LogP contribution in [0, 0.1) is 5.92 Å². The molecule has 138 valence electrons. The van der Waals surface area contributed by atoms with Crippen molar-refractivity contribution in [3.05, 3.63) is 17.7 Å². The van der Waals surface area contributed by atoms with E-state index in [1.165, 1.54) is 0 Å². The molecule has 1 aromatic rings. The molecule has 0 spiro atoms. The number of aliphatic hydroxyl groups excluding tert-OH is 1. The molecule has 1 fully saturated rings. The molecule has 0 unspecified atom stereocenters. The van der Waals surface area contributed by atoms with Gasteiger partial charge in [0, 0.05) is 19.6 Å². The molecule has 0 aromatic carbocycles. The second-order valence-corrected chi connectivity index (χ2v) is 7.24. The summed E-state index contributed by atoms with van der Waals surface area (Å²) in [5.41, 5.74) is 1.15. The van der Waals surface area contributed by atoms with E-state index in [1.807, 2.05) is 18.4 Å². The first kappa shape index (κ1) is 17.9. The summed E-state index contributed by atoms with van der Waals surface area (Å²) in [5, 5.41) is 15.9. The molecular weight excluding hydrogens is 322 g/mol. The van der Waals surface area contributed by atoms with Gasteiger partial charge in [-0.3, -0.25) is 9.59 Å². The van der Waals surface area contributed by atoms with Gasteiger partial charge in [-0.25, -0.2) is 4.98 Å². The van der Waals surface area contributed by atoms with Crippen LogP contribution in [0.25, 0.3) is 0 Å². The number of amides is 2. The van der Waals surface area contributed by atoms with E-state index in [1.54, 1.807) is 11.2 Å². The molecule has 3 rings (SSSR count). The average Bonchev–Trinajstić information content (AvgIpc) is 3.12. The number of imidazole rings is 1.